The van der Waals surface area contributed by atoms with Gasteiger partial charge in [-0.2, -0.15) is 0 Å². The lowest BCUT2D eigenvalue weighted by Crippen LogP contribution is -2.49. The first-order chi connectivity index (χ1) is 7.38. The van der Waals surface area contributed by atoms with Crippen LogP contribution >= 0.6 is 0 Å². The molecule has 1 atom stereocenters. The molecule has 4 nitrogen and oxygen atoms in total. The third-order valence-electron chi connectivity index (χ3n) is 2.17. The van der Waals surface area contributed by atoms with E-state index in [1.165, 1.54) is 0 Å². The molecule has 0 aromatic carbocycles. The van der Waals surface area contributed by atoms with Crippen LogP contribution in [-0.2, 0) is 11.3 Å². The molecule has 4 heteroatoms. The van der Waals surface area contributed by atoms with Crippen LogP contribution in [0.2, 0.25) is 0 Å². The number of nitrogens with one attached hydrogen (secondary N) is 3. The fraction of sp³-hybridized carbons (Fsp3) is 0.583. The number of carbonyl (C=O) groups is 1. The van der Waals surface area contributed by atoms with Crippen molar-refractivity contribution >= 4 is 5.91 Å². The van der Waals surface area contributed by atoms with Crippen molar-refractivity contribution < 1.29 is 4.79 Å². The van der Waals surface area contributed by atoms with Gasteiger partial charge in [0.2, 0.25) is 5.91 Å². The van der Waals surface area contributed by atoms with E-state index in [9.17, 15) is 4.79 Å². The Hall–Kier alpha value is -1.29. The normalized spacial score (nSPS) is 13.5. The fourth-order valence-corrected chi connectivity index (χ4v) is 1.31. The molecule has 0 fully saturated rings. The van der Waals surface area contributed by atoms with E-state index in [1.807, 2.05) is 46.2 Å². The van der Waals surface area contributed by atoms with Crippen molar-refractivity contribution in [2.75, 3.05) is 0 Å². The van der Waals surface area contributed by atoms with Crippen LogP contribution in [0.4, 0.5) is 0 Å². The fourth-order valence-electron chi connectivity index (χ4n) is 1.31. The minimum absolute atomic E-state index is 0.0306. The second-order valence-corrected chi connectivity index (χ2v) is 5.06. The van der Waals surface area contributed by atoms with Gasteiger partial charge in [-0.1, -0.05) is 0 Å². The lowest BCUT2D eigenvalue weighted by Gasteiger charge is -2.23. The van der Waals surface area contributed by atoms with Crippen LogP contribution in [0.25, 0.3) is 0 Å². The van der Waals surface area contributed by atoms with Crippen LogP contribution < -0.4 is 10.6 Å². The Labute approximate surface area is 96.8 Å². The van der Waals surface area contributed by atoms with Crippen molar-refractivity contribution in [2.24, 2.45) is 0 Å². The van der Waals surface area contributed by atoms with Gasteiger partial charge in [-0.05, 0) is 39.3 Å². The van der Waals surface area contributed by atoms with Gasteiger partial charge in [-0.3, -0.25) is 4.79 Å². The number of H-pyrrole nitrogens is 1. The van der Waals surface area contributed by atoms with Gasteiger partial charge >= 0.3 is 0 Å². The molecule has 0 spiro atoms. The average molecular weight is 223 g/mol. The maximum atomic E-state index is 11.7. The Morgan fingerprint density at radius 1 is 1.50 bits per heavy atom. The molecule has 0 bridgehead atoms. The van der Waals surface area contributed by atoms with Gasteiger partial charge in [-0.25, -0.2) is 0 Å². The number of amides is 1. The monoisotopic (exact) mass is 223 g/mol. The summed E-state index contributed by atoms with van der Waals surface area (Å²) < 4.78 is 0. The average Bonchev–Trinajstić information content (AvgIpc) is 2.63. The lowest BCUT2D eigenvalue weighted by atomic mass is 10.1. The molecule has 3 N–H and O–H groups in total. The highest BCUT2D eigenvalue weighted by molar-refractivity contribution is 5.81. The van der Waals surface area contributed by atoms with Crippen LogP contribution in [0, 0.1) is 0 Å². The number of aromatic nitrogens is 1. The molecule has 90 valence electrons. The van der Waals surface area contributed by atoms with E-state index in [1.54, 1.807) is 0 Å². The Morgan fingerprint density at radius 3 is 2.69 bits per heavy atom. The van der Waals surface area contributed by atoms with Crippen LogP contribution in [0.15, 0.2) is 18.5 Å². The lowest BCUT2D eigenvalue weighted by molar-refractivity contribution is -0.124. The van der Waals surface area contributed by atoms with Gasteiger partial charge in [0.1, 0.15) is 0 Å². The van der Waals surface area contributed by atoms with E-state index < -0.39 is 0 Å². The standard InChI is InChI=1S/C12H21N3O/c1-9(11(16)15-12(2,3)4)14-8-10-5-6-13-7-10/h5-7,9,13-14H,8H2,1-4H3,(H,15,16). The highest BCUT2D eigenvalue weighted by atomic mass is 16.2. The van der Waals surface area contributed by atoms with E-state index in [0.717, 1.165) is 5.56 Å². The van der Waals surface area contributed by atoms with Crippen LogP contribution in [0.1, 0.15) is 33.3 Å². The van der Waals surface area contributed by atoms with Gasteiger partial charge in [0.05, 0.1) is 6.04 Å². The quantitative estimate of drug-likeness (QED) is 0.723. The first kappa shape index (κ1) is 12.8. The van der Waals surface area contributed by atoms with Gasteiger partial charge in [-0.15, -0.1) is 0 Å². The molecule has 1 heterocycles. The topological polar surface area (TPSA) is 56.9 Å². The van der Waals surface area contributed by atoms with Crippen molar-refractivity contribution in [3.05, 3.63) is 24.0 Å². The van der Waals surface area contributed by atoms with Gasteiger partial charge < -0.3 is 15.6 Å². The molecule has 0 aliphatic rings. The summed E-state index contributed by atoms with van der Waals surface area (Å²) in [4.78, 5) is 14.7. The first-order valence-electron chi connectivity index (χ1n) is 5.55. The SMILES string of the molecule is CC(NCc1cc[nH]c1)C(=O)NC(C)(C)C. The molecule has 0 saturated heterocycles. The molecular formula is C12H21N3O. The van der Waals surface area contributed by atoms with Crippen molar-refractivity contribution in [1.29, 1.82) is 0 Å². The first-order valence-corrected chi connectivity index (χ1v) is 5.55. The molecule has 1 aromatic heterocycles. The minimum Gasteiger partial charge on any atom is -0.367 e. The molecule has 1 amide bonds. The number of rotatable bonds is 4. The van der Waals surface area contributed by atoms with Crippen molar-refractivity contribution in [1.82, 2.24) is 15.6 Å². The molecule has 0 aliphatic carbocycles. The molecule has 0 aliphatic heterocycles. The zero-order valence-corrected chi connectivity index (χ0v) is 10.4. The van der Waals surface area contributed by atoms with Gasteiger partial charge in [0.25, 0.3) is 0 Å². The molecule has 1 aromatic rings. The molecule has 1 rings (SSSR count). The van der Waals surface area contributed by atoms with Crippen molar-refractivity contribution in [2.45, 2.75) is 45.8 Å². The Kier molecular flexibility index (Phi) is 4.12. The third kappa shape index (κ3) is 4.49. The number of carbonyl (C=O) groups excluding carboxylic acids is 1. The van der Waals surface area contributed by atoms with E-state index >= 15 is 0 Å². The second-order valence-electron chi connectivity index (χ2n) is 5.06. The largest absolute Gasteiger partial charge is 0.367 e. The maximum Gasteiger partial charge on any atom is 0.237 e. The summed E-state index contributed by atoms with van der Waals surface area (Å²) in [6, 6.07) is 1.80. The molecule has 1 unspecified atom stereocenters. The van der Waals surface area contributed by atoms with E-state index in [0.29, 0.717) is 6.54 Å². The molecule has 16 heavy (non-hydrogen) atoms. The number of aromatic amines is 1. The van der Waals surface area contributed by atoms with E-state index in [4.69, 9.17) is 0 Å². The zero-order chi connectivity index (χ0) is 12.2. The summed E-state index contributed by atoms with van der Waals surface area (Å²) >= 11 is 0. The highest BCUT2D eigenvalue weighted by Crippen LogP contribution is 2.00. The predicted molar refractivity (Wildman–Crippen MR) is 65.0 cm³/mol. The van der Waals surface area contributed by atoms with Crippen LogP contribution in [0.5, 0.6) is 0 Å². The Morgan fingerprint density at radius 2 is 2.19 bits per heavy atom. The Balaban J connectivity index is 2.35. The van der Waals surface area contributed by atoms with Crippen LogP contribution in [-0.4, -0.2) is 22.5 Å². The summed E-state index contributed by atoms with van der Waals surface area (Å²) in [6.45, 7) is 8.49. The summed E-state index contributed by atoms with van der Waals surface area (Å²) in [5.41, 5.74) is 0.969. The van der Waals surface area contributed by atoms with Crippen molar-refractivity contribution in [3.8, 4) is 0 Å². The minimum atomic E-state index is -0.186. The summed E-state index contributed by atoms with van der Waals surface area (Å²) in [7, 11) is 0. The summed E-state index contributed by atoms with van der Waals surface area (Å²) in [6.07, 6.45) is 3.79. The maximum absolute atomic E-state index is 11.7. The van der Waals surface area contributed by atoms with Crippen LogP contribution in [0.3, 0.4) is 0 Å². The summed E-state index contributed by atoms with van der Waals surface area (Å²) in [5.74, 6) is 0.0306. The Bertz CT molecular complexity index is 325. The van der Waals surface area contributed by atoms with Gasteiger partial charge in [0, 0.05) is 24.5 Å². The van der Waals surface area contributed by atoms with Gasteiger partial charge in [0.15, 0.2) is 0 Å². The number of hydrogen-bond donors (Lipinski definition) is 3. The molecule has 0 saturated carbocycles. The smallest absolute Gasteiger partial charge is 0.237 e. The van der Waals surface area contributed by atoms with Crippen molar-refractivity contribution in [3.63, 3.8) is 0 Å². The molecular weight excluding hydrogens is 202 g/mol. The summed E-state index contributed by atoms with van der Waals surface area (Å²) in [5, 5.41) is 6.12. The third-order valence-corrected chi connectivity index (χ3v) is 2.17. The van der Waals surface area contributed by atoms with E-state index in [-0.39, 0.29) is 17.5 Å². The highest BCUT2D eigenvalue weighted by Gasteiger charge is 2.18. The number of hydrogen-bond acceptors (Lipinski definition) is 2. The zero-order valence-electron chi connectivity index (χ0n) is 10.4. The predicted octanol–water partition coefficient (Wildman–Crippen LogP) is 1.41. The van der Waals surface area contributed by atoms with E-state index in [2.05, 4.69) is 15.6 Å². The second kappa shape index (κ2) is 5.16. The molecule has 0 radical (unpaired) electrons.